The number of benzene rings is 1. The first-order valence-corrected chi connectivity index (χ1v) is 7.65. The lowest BCUT2D eigenvalue weighted by atomic mass is 10.1. The van der Waals surface area contributed by atoms with E-state index in [1.807, 2.05) is 0 Å². The number of nitrogens with one attached hydrogen (secondary N) is 1. The second-order valence-electron chi connectivity index (χ2n) is 6.06. The summed E-state index contributed by atoms with van der Waals surface area (Å²) < 4.78 is 16.6. The fourth-order valence-corrected chi connectivity index (χ4v) is 3.22. The van der Waals surface area contributed by atoms with Gasteiger partial charge in [-0.05, 0) is 50.7 Å². The van der Waals surface area contributed by atoms with Gasteiger partial charge < -0.3 is 9.55 Å². The SMILES string of the molecule is CC(C)=CCN1Cc2cc(F)cc3[nH]c(=S)n(c23)C[C@@H]1C. The molecule has 1 N–H and O–H groups in total. The molecule has 1 atom stereocenters. The molecule has 1 aliphatic rings. The number of H-pyrrole nitrogens is 1. The van der Waals surface area contributed by atoms with Gasteiger partial charge in [0, 0.05) is 25.7 Å². The van der Waals surface area contributed by atoms with Crippen LogP contribution >= 0.6 is 12.2 Å². The molecule has 0 spiro atoms. The van der Waals surface area contributed by atoms with Crippen molar-refractivity contribution >= 4 is 23.3 Å². The molecule has 0 saturated heterocycles. The van der Waals surface area contributed by atoms with E-state index in [9.17, 15) is 4.39 Å². The molecular weight excluding hydrogens is 285 g/mol. The van der Waals surface area contributed by atoms with E-state index in [0.29, 0.717) is 10.8 Å². The molecule has 1 aromatic heterocycles. The Kier molecular flexibility index (Phi) is 3.71. The molecule has 3 rings (SSSR count). The number of rotatable bonds is 2. The Morgan fingerprint density at radius 2 is 2.24 bits per heavy atom. The minimum Gasteiger partial charge on any atom is -0.330 e. The number of imidazole rings is 1. The van der Waals surface area contributed by atoms with Crippen LogP contribution in [0.3, 0.4) is 0 Å². The van der Waals surface area contributed by atoms with Gasteiger partial charge in [-0.1, -0.05) is 11.6 Å². The van der Waals surface area contributed by atoms with Crippen molar-refractivity contribution in [3.8, 4) is 0 Å². The van der Waals surface area contributed by atoms with Crippen molar-refractivity contribution in [2.75, 3.05) is 6.54 Å². The highest BCUT2D eigenvalue weighted by atomic mass is 32.1. The fourth-order valence-electron chi connectivity index (χ4n) is 2.95. The number of halogens is 1. The number of hydrogen-bond acceptors (Lipinski definition) is 2. The monoisotopic (exact) mass is 305 g/mol. The highest BCUT2D eigenvalue weighted by molar-refractivity contribution is 7.71. The smallest absolute Gasteiger partial charge is 0.178 e. The van der Waals surface area contributed by atoms with Crippen LogP contribution in [0.15, 0.2) is 23.8 Å². The molecule has 112 valence electrons. The quantitative estimate of drug-likeness (QED) is 0.669. The van der Waals surface area contributed by atoms with E-state index in [0.717, 1.165) is 36.2 Å². The first-order chi connectivity index (χ1) is 9.95. The van der Waals surface area contributed by atoms with Crippen LogP contribution in [-0.2, 0) is 13.1 Å². The zero-order valence-electron chi connectivity index (χ0n) is 12.6. The maximum absolute atomic E-state index is 13.8. The number of allylic oxidation sites excluding steroid dienone is 1. The van der Waals surface area contributed by atoms with E-state index < -0.39 is 0 Å². The molecule has 1 aliphatic heterocycles. The van der Waals surface area contributed by atoms with Crippen LogP contribution in [0.25, 0.3) is 11.0 Å². The zero-order valence-corrected chi connectivity index (χ0v) is 13.4. The normalized spacial score (nSPS) is 18.8. The molecule has 0 amide bonds. The molecule has 0 saturated carbocycles. The molecule has 2 heterocycles. The van der Waals surface area contributed by atoms with Crippen LogP contribution in [-0.4, -0.2) is 27.0 Å². The highest BCUT2D eigenvalue weighted by Gasteiger charge is 2.23. The highest BCUT2D eigenvalue weighted by Crippen LogP contribution is 2.26. The van der Waals surface area contributed by atoms with Crippen LogP contribution in [0.5, 0.6) is 0 Å². The minimum absolute atomic E-state index is 0.211. The van der Waals surface area contributed by atoms with Crippen LogP contribution in [0.2, 0.25) is 0 Å². The first-order valence-electron chi connectivity index (χ1n) is 7.24. The zero-order chi connectivity index (χ0) is 15.1. The van der Waals surface area contributed by atoms with Gasteiger partial charge in [-0.25, -0.2) is 4.39 Å². The van der Waals surface area contributed by atoms with Crippen molar-refractivity contribution in [1.82, 2.24) is 14.5 Å². The van der Waals surface area contributed by atoms with Crippen LogP contribution < -0.4 is 0 Å². The van der Waals surface area contributed by atoms with Crippen molar-refractivity contribution in [2.24, 2.45) is 0 Å². The van der Waals surface area contributed by atoms with Crippen molar-refractivity contribution in [2.45, 2.75) is 39.9 Å². The Morgan fingerprint density at radius 1 is 1.48 bits per heavy atom. The van der Waals surface area contributed by atoms with E-state index in [-0.39, 0.29) is 5.82 Å². The summed E-state index contributed by atoms with van der Waals surface area (Å²) >= 11 is 5.40. The van der Waals surface area contributed by atoms with Crippen LogP contribution in [0.4, 0.5) is 4.39 Å². The molecule has 0 fully saturated rings. The Hall–Kier alpha value is -1.46. The topological polar surface area (TPSA) is 24.0 Å². The summed E-state index contributed by atoms with van der Waals surface area (Å²) in [7, 11) is 0. The van der Waals surface area contributed by atoms with Gasteiger partial charge in [0.25, 0.3) is 0 Å². The Labute approximate surface area is 129 Å². The van der Waals surface area contributed by atoms with Gasteiger partial charge in [-0.3, -0.25) is 4.90 Å². The second kappa shape index (κ2) is 5.39. The molecule has 1 aromatic carbocycles. The molecule has 5 heteroatoms. The summed E-state index contributed by atoms with van der Waals surface area (Å²) in [6.07, 6.45) is 2.22. The van der Waals surface area contributed by atoms with Gasteiger partial charge in [0.15, 0.2) is 4.77 Å². The summed E-state index contributed by atoms with van der Waals surface area (Å²) in [5.41, 5.74) is 4.15. The van der Waals surface area contributed by atoms with Crippen molar-refractivity contribution < 1.29 is 4.39 Å². The lowest BCUT2D eigenvalue weighted by Crippen LogP contribution is -2.34. The van der Waals surface area contributed by atoms with E-state index >= 15 is 0 Å². The van der Waals surface area contributed by atoms with Crippen molar-refractivity contribution in [1.29, 1.82) is 0 Å². The van der Waals surface area contributed by atoms with Crippen LogP contribution in [0.1, 0.15) is 26.3 Å². The van der Waals surface area contributed by atoms with E-state index in [4.69, 9.17) is 12.2 Å². The first kappa shape index (κ1) is 14.5. The third-order valence-electron chi connectivity index (χ3n) is 4.09. The minimum atomic E-state index is -0.211. The molecule has 3 nitrogen and oxygen atoms in total. The second-order valence-corrected chi connectivity index (χ2v) is 6.45. The summed E-state index contributed by atoms with van der Waals surface area (Å²) in [5, 5.41) is 0. The summed E-state index contributed by atoms with van der Waals surface area (Å²) in [5.74, 6) is -0.211. The summed E-state index contributed by atoms with van der Waals surface area (Å²) in [6.45, 7) is 8.84. The van der Waals surface area contributed by atoms with Gasteiger partial charge >= 0.3 is 0 Å². The van der Waals surface area contributed by atoms with E-state index in [1.54, 1.807) is 6.07 Å². The van der Waals surface area contributed by atoms with Crippen LogP contribution in [0, 0.1) is 10.6 Å². The van der Waals surface area contributed by atoms with Gasteiger partial charge in [-0.2, -0.15) is 0 Å². The number of hydrogen-bond donors (Lipinski definition) is 1. The largest absolute Gasteiger partial charge is 0.330 e. The average Bonchev–Trinajstić information content (AvgIpc) is 2.61. The molecule has 21 heavy (non-hydrogen) atoms. The summed E-state index contributed by atoms with van der Waals surface area (Å²) in [6, 6.07) is 3.51. The predicted octanol–water partition coefficient (Wildman–Crippen LogP) is 4.01. The van der Waals surface area contributed by atoms with Gasteiger partial charge in [-0.15, -0.1) is 0 Å². The van der Waals surface area contributed by atoms with Crippen molar-refractivity contribution in [3.63, 3.8) is 0 Å². The lowest BCUT2D eigenvalue weighted by molar-refractivity contribution is 0.210. The van der Waals surface area contributed by atoms with Gasteiger partial charge in [0.05, 0.1) is 11.0 Å². The Morgan fingerprint density at radius 3 is 2.95 bits per heavy atom. The molecule has 0 radical (unpaired) electrons. The Bertz CT molecular complexity index is 768. The molecule has 2 aromatic rings. The molecule has 0 unspecified atom stereocenters. The molecule has 0 aliphatic carbocycles. The third kappa shape index (κ3) is 2.68. The van der Waals surface area contributed by atoms with Gasteiger partial charge in [0.1, 0.15) is 5.82 Å². The van der Waals surface area contributed by atoms with E-state index in [1.165, 1.54) is 11.6 Å². The predicted molar refractivity (Wildman–Crippen MR) is 86.4 cm³/mol. The molecular formula is C16H20FN3S. The number of aromatic nitrogens is 2. The molecule has 0 bridgehead atoms. The van der Waals surface area contributed by atoms with E-state index in [2.05, 4.69) is 41.3 Å². The van der Waals surface area contributed by atoms with Gasteiger partial charge in [0.2, 0.25) is 0 Å². The average molecular weight is 305 g/mol. The Balaban J connectivity index is 2.10. The fraction of sp³-hybridized carbons (Fsp3) is 0.438. The maximum Gasteiger partial charge on any atom is 0.178 e. The standard InChI is InChI=1S/C16H20FN3S/c1-10(2)4-5-19-9-12-6-13(17)7-14-15(12)20(8-11(19)3)16(21)18-14/h4,6-7,11H,5,8-9H2,1-3H3,(H,18,21)/t11-/m0/s1. The lowest BCUT2D eigenvalue weighted by Gasteiger charge is -2.26. The third-order valence-corrected chi connectivity index (χ3v) is 4.41. The van der Waals surface area contributed by atoms with Crippen molar-refractivity contribution in [3.05, 3.63) is 39.9 Å². The number of aromatic amines is 1. The maximum atomic E-state index is 13.8. The summed E-state index contributed by atoms with van der Waals surface area (Å²) in [4.78, 5) is 5.48. The number of nitrogens with zero attached hydrogens (tertiary/aromatic N) is 2.